The van der Waals surface area contributed by atoms with Gasteiger partial charge in [0.05, 0.1) is 39.5 Å². The highest BCUT2D eigenvalue weighted by Crippen LogP contribution is 2.52. The number of benzene rings is 1. The largest absolute Gasteiger partial charge is 0.493 e. The quantitative estimate of drug-likeness (QED) is 0.587. The Morgan fingerprint density at radius 2 is 2.10 bits per heavy atom. The van der Waals surface area contributed by atoms with Gasteiger partial charge in [0.1, 0.15) is 24.5 Å². The van der Waals surface area contributed by atoms with Gasteiger partial charge in [-0.2, -0.15) is 0 Å². The van der Waals surface area contributed by atoms with Crippen LogP contribution in [0.5, 0.6) is 11.5 Å². The Morgan fingerprint density at radius 3 is 2.83 bits per heavy atom. The van der Waals surface area contributed by atoms with Crippen LogP contribution < -0.4 is 19.7 Å². The summed E-state index contributed by atoms with van der Waals surface area (Å²) in [5.74, 6) is 1.33. The lowest BCUT2D eigenvalue weighted by molar-refractivity contribution is -0.908. The summed E-state index contributed by atoms with van der Waals surface area (Å²) < 4.78 is 16.2. The maximum absolute atomic E-state index is 13.2. The highest BCUT2D eigenvalue weighted by molar-refractivity contribution is 7.99. The van der Waals surface area contributed by atoms with E-state index in [0.29, 0.717) is 29.4 Å². The van der Waals surface area contributed by atoms with Crippen LogP contribution in [0, 0.1) is 0 Å². The topological polar surface area (TPSA) is 81.5 Å². The molecular formula is C20H28N3O5S+. The number of ether oxygens (including phenoxy) is 3. The van der Waals surface area contributed by atoms with Crippen molar-refractivity contribution in [3.63, 3.8) is 0 Å². The van der Waals surface area contributed by atoms with E-state index in [9.17, 15) is 9.59 Å². The summed E-state index contributed by atoms with van der Waals surface area (Å²) in [5.41, 5.74) is 1.40. The van der Waals surface area contributed by atoms with E-state index in [1.807, 2.05) is 12.1 Å². The molecule has 2 N–H and O–H groups in total. The second-order valence-electron chi connectivity index (χ2n) is 7.44. The van der Waals surface area contributed by atoms with E-state index in [2.05, 4.69) is 5.32 Å². The van der Waals surface area contributed by atoms with Gasteiger partial charge in [0, 0.05) is 24.3 Å². The molecule has 0 aliphatic carbocycles. The van der Waals surface area contributed by atoms with E-state index < -0.39 is 6.04 Å². The van der Waals surface area contributed by atoms with Crippen molar-refractivity contribution in [3.05, 3.63) is 23.3 Å². The molecule has 0 aromatic heterocycles. The standard InChI is InChI=1S/C20H27N3O5S/c1-26-15-5-4-13-16(17(15)27-2)19(25)23-14(12-29-20(13)23)18(24)21-6-3-7-22-8-10-28-11-9-22/h4-5,14,20H,3,6-12H2,1-2H3,(H,21,24)/p+1/t14-,20+/m1/s1. The molecule has 2 amide bonds. The summed E-state index contributed by atoms with van der Waals surface area (Å²) in [6, 6.07) is 3.25. The molecule has 2 fully saturated rings. The summed E-state index contributed by atoms with van der Waals surface area (Å²) in [5, 5.41) is 2.88. The van der Waals surface area contributed by atoms with Gasteiger partial charge in [0.25, 0.3) is 5.91 Å². The summed E-state index contributed by atoms with van der Waals surface area (Å²) in [7, 11) is 3.08. The van der Waals surface area contributed by atoms with Gasteiger partial charge in [-0.05, 0) is 6.07 Å². The van der Waals surface area contributed by atoms with Crippen LogP contribution in [-0.4, -0.2) is 82.1 Å². The van der Waals surface area contributed by atoms with Gasteiger partial charge in [-0.15, -0.1) is 11.8 Å². The number of nitrogens with one attached hydrogen (secondary N) is 2. The maximum atomic E-state index is 13.2. The fourth-order valence-electron chi connectivity index (χ4n) is 4.27. The molecule has 29 heavy (non-hydrogen) atoms. The normalized spacial score (nSPS) is 23.7. The van der Waals surface area contributed by atoms with Crippen LogP contribution in [0.4, 0.5) is 0 Å². The number of quaternary nitrogens is 1. The molecule has 0 bridgehead atoms. The number of rotatable bonds is 7. The molecule has 4 rings (SSSR count). The second kappa shape index (κ2) is 8.81. The first kappa shape index (κ1) is 20.3. The Balaban J connectivity index is 1.38. The number of thioether (sulfide) groups is 1. The van der Waals surface area contributed by atoms with E-state index in [1.54, 1.807) is 23.8 Å². The molecule has 2 atom stereocenters. The first-order valence-electron chi connectivity index (χ1n) is 10.0. The molecule has 1 aromatic carbocycles. The predicted molar refractivity (Wildman–Crippen MR) is 109 cm³/mol. The van der Waals surface area contributed by atoms with Crippen molar-refractivity contribution >= 4 is 23.6 Å². The monoisotopic (exact) mass is 422 g/mol. The molecule has 3 aliphatic rings. The molecular weight excluding hydrogens is 394 g/mol. The van der Waals surface area contributed by atoms with Crippen LogP contribution >= 0.6 is 11.8 Å². The SMILES string of the molecule is COc1ccc2c(c1OC)C(=O)N1[C@@H](C(=O)NCCC[NH+]3CCOCC3)CS[C@@H]21. The number of carbonyl (C=O) groups is 2. The number of carbonyl (C=O) groups excluding carboxylic acids is 2. The fourth-order valence-corrected chi connectivity index (χ4v) is 5.73. The third-order valence-electron chi connectivity index (χ3n) is 5.80. The molecule has 0 unspecified atom stereocenters. The van der Waals surface area contributed by atoms with Gasteiger partial charge in [0.2, 0.25) is 5.91 Å². The molecule has 0 saturated carbocycles. The minimum atomic E-state index is -0.462. The summed E-state index contributed by atoms with van der Waals surface area (Å²) in [4.78, 5) is 29.2. The van der Waals surface area contributed by atoms with Gasteiger partial charge in [-0.25, -0.2) is 0 Å². The van der Waals surface area contributed by atoms with E-state index >= 15 is 0 Å². The molecule has 9 heteroatoms. The zero-order chi connectivity index (χ0) is 20.4. The van der Waals surface area contributed by atoms with Gasteiger partial charge in [-0.1, -0.05) is 6.07 Å². The number of hydrogen-bond donors (Lipinski definition) is 2. The van der Waals surface area contributed by atoms with Gasteiger partial charge < -0.3 is 29.3 Å². The number of nitrogens with zero attached hydrogens (tertiary/aromatic N) is 1. The van der Waals surface area contributed by atoms with E-state index in [-0.39, 0.29) is 17.2 Å². The first-order valence-corrected chi connectivity index (χ1v) is 11.1. The van der Waals surface area contributed by atoms with Gasteiger partial charge in [0.15, 0.2) is 11.5 Å². The summed E-state index contributed by atoms with van der Waals surface area (Å²) in [6.45, 7) is 5.34. The first-order chi connectivity index (χ1) is 14.2. The predicted octanol–water partition coefficient (Wildman–Crippen LogP) is -0.305. The lowest BCUT2D eigenvalue weighted by atomic mass is 10.1. The van der Waals surface area contributed by atoms with Crippen LogP contribution in [0.2, 0.25) is 0 Å². The van der Waals surface area contributed by atoms with Crippen molar-refractivity contribution in [1.29, 1.82) is 0 Å². The second-order valence-corrected chi connectivity index (χ2v) is 8.55. The van der Waals surface area contributed by atoms with E-state index in [0.717, 1.165) is 44.8 Å². The lowest BCUT2D eigenvalue weighted by Gasteiger charge is -2.24. The van der Waals surface area contributed by atoms with Crippen LogP contribution in [0.15, 0.2) is 12.1 Å². The molecule has 8 nitrogen and oxygen atoms in total. The smallest absolute Gasteiger partial charge is 0.260 e. The fraction of sp³-hybridized carbons (Fsp3) is 0.600. The Kier molecular flexibility index (Phi) is 6.17. The maximum Gasteiger partial charge on any atom is 0.260 e. The Labute approximate surface area is 174 Å². The van der Waals surface area contributed by atoms with E-state index in [1.165, 1.54) is 12.0 Å². The summed E-state index contributed by atoms with van der Waals surface area (Å²) in [6.07, 6.45) is 0.920. The zero-order valence-electron chi connectivity index (χ0n) is 16.9. The summed E-state index contributed by atoms with van der Waals surface area (Å²) >= 11 is 1.62. The Bertz CT molecular complexity index is 784. The molecule has 2 saturated heterocycles. The van der Waals surface area contributed by atoms with Crippen molar-refractivity contribution in [2.75, 3.05) is 59.4 Å². The van der Waals surface area contributed by atoms with Crippen molar-refractivity contribution in [2.24, 2.45) is 0 Å². The number of fused-ring (bicyclic) bond motifs is 3. The van der Waals surface area contributed by atoms with Crippen LogP contribution in [0.1, 0.15) is 27.7 Å². The zero-order valence-corrected chi connectivity index (χ0v) is 17.7. The number of hydrogen-bond acceptors (Lipinski definition) is 6. The molecule has 1 aromatic rings. The van der Waals surface area contributed by atoms with Crippen molar-refractivity contribution < 1.29 is 28.7 Å². The highest BCUT2D eigenvalue weighted by atomic mass is 32.2. The number of methoxy groups -OCH3 is 2. The molecule has 158 valence electrons. The van der Waals surface area contributed by atoms with Crippen LogP contribution in [0.25, 0.3) is 0 Å². The van der Waals surface area contributed by atoms with Crippen molar-refractivity contribution in [1.82, 2.24) is 10.2 Å². The number of morpholine rings is 1. The Morgan fingerprint density at radius 1 is 1.31 bits per heavy atom. The molecule has 3 heterocycles. The third-order valence-corrected chi connectivity index (χ3v) is 7.11. The van der Waals surface area contributed by atoms with Crippen molar-refractivity contribution in [2.45, 2.75) is 17.8 Å². The molecule has 0 radical (unpaired) electrons. The molecule has 0 spiro atoms. The Hall–Kier alpha value is -1.97. The van der Waals surface area contributed by atoms with Crippen LogP contribution in [0.3, 0.4) is 0 Å². The molecule has 3 aliphatic heterocycles. The average molecular weight is 423 g/mol. The van der Waals surface area contributed by atoms with Gasteiger partial charge >= 0.3 is 0 Å². The minimum Gasteiger partial charge on any atom is -0.493 e. The lowest BCUT2D eigenvalue weighted by Crippen LogP contribution is -3.14. The van der Waals surface area contributed by atoms with Gasteiger partial charge in [-0.3, -0.25) is 9.59 Å². The third kappa shape index (κ3) is 3.78. The van der Waals surface area contributed by atoms with E-state index in [4.69, 9.17) is 14.2 Å². The number of amides is 2. The minimum absolute atomic E-state index is 0.0796. The highest BCUT2D eigenvalue weighted by Gasteiger charge is 2.50. The average Bonchev–Trinajstić information content (AvgIpc) is 3.31. The van der Waals surface area contributed by atoms with Crippen molar-refractivity contribution in [3.8, 4) is 11.5 Å². The van der Waals surface area contributed by atoms with Crippen LogP contribution in [-0.2, 0) is 9.53 Å².